The molecule has 0 bridgehead atoms. The van der Waals surface area contributed by atoms with Gasteiger partial charge in [-0.3, -0.25) is 0 Å². The predicted molar refractivity (Wildman–Crippen MR) is 58.5 cm³/mol. The molecule has 0 radical (unpaired) electrons. The van der Waals surface area contributed by atoms with Gasteiger partial charge in [-0.15, -0.1) is 0 Å². The van der Waals surface area contributed by atoms with Crippen molar-refractivity contribution >= 4 is 11.0 Å². The molecule has 1 aromatic heterocycles. The molecule has 0 spiro atoms. The first-order valence-corrected chi connectivity index (χ1v) is 4.94. The Morgan fingerprint density at radius 2 is 2.07 bits per heavy atom. The molecule has 1 aromatic carbocycles. The molecule has 3 heteroatoms. The number of hydrogen-bond acceptors (Lipinski definition) is 3. The number of furan rings is 1. The van der Waals surface area contributed by atoms with Gasteiger partial charge in [0.2, 0.25) is 0 Å². The molecule has 15 heavy (non-hydrogen) atoms. The van der Waals surface area contributed by atoms with Crippen LogP contribution >= 0.6 is 0 Å². The van der Waals surface area contributed by atoms with E-state index in [0.29, 0.717) is 5.95 Å². The fourth-order valence-corrected chi connectivity index (χ4v) is 1.46. The Morgan fingerprint density at radius 1 is 1.27 bits per heavy atom. The zero-order valence-corrected chi connectivity index (χ0v) is 9.11. The maximum absolute atomic E-state index is 5.64. The smallest absolute Gasteiger partial charge is 0.285 e. The van der Waals surface area contributed by atoms with Gasteiger partial charge in [0.25, 0.3) is 5.95 Å². The maximum Gasteiger partial charge on any atom is 0.285 e. The second kappa shape index (κ2) is 3.85. The zero-order chi connectivity index (χ0) is 10.8. The molecule has 0 saturated carbocycles. The van der Waals surface area contributed by atoms with E-state index >= 15 is 0 Å². The van der Waals surface area contributed by atoms with Gasteiger partial charge in [-0.2, -0.15) is 0 Å². The summed E-state index contributed by atoms with van der Waals surface area (Å²) in [6, 6.07) is 7.65. The Morgan fingerprint density at radius 3 is 2.73 bits per heavy atom. The van der Waals surface area contributed by atoms with Crippen molar-refractivity contribution in [2.24, 2.45) is 0 Å². The predicted octanol–water partition coefficient (Wildman–Crippen LogP) is 3.23. The Balaban J connectivity index is 2.49. The molecule has 0 saturated heterocycles. The molecule has 0 unspecified atom stereocenters. The Labute approximate surface area is 88.6 Å². The zero-order valence-electron chi connectivity index (χ0n) is 9.11. The van der Waals surface area contributed by atoms with Crippen LogP contribution in [-0.2, 0) is 0 Å². The van der Waals surface area contributed by atoms with Crippen molar-refractivity contribution in [3.8, 4) is 11.7 Å². The summed E-state index contributed by atoms with van der Waals surface area (Å²) in [5.74, 6) is 1.26. The summed E-state index contributed by atoms with van der Waals surface area (Å²) >= 11 is 0. The number of para-hydroxylation sites is 1. The Bertz CT molecular complexity index is 457. The van der Waals surface area contributed by atoms with Crippen LogP contribution in [0.25, 0.3) is 11.0 Å². The van der Waals surface area contributed by atoms with Gasteiger partial charge in [0.1, 0.15) is 0 Å². The molecular weight excluding hydrogens is 192 g/mol. The molecule has 2 aromatic rings. The van der Waals surface area contributed by atoms with Gasteiger partial charge < -0.3 is 13.9 Å². The number of hydrogen-bond donors (Lipinski definition) is 0. The van der Waals surface area contributed by atoms with Crippen LogP contribution in [0.3, 0.4) is 0 Å². The van der Waals surface area contributed by atoms with Gasteiger partial charge in [-0.25, -0.2) is 0 Å². The lowest BCUT2D eigenvalue weighted by atomic mass is 10.2. The standard InChI is InChI=1S/C12H14O3/c1-8(2)14-10-6-4-5-9-7-11(13-3)15-12(9)10/h4-8H,1-3H3. The fourth-order valence-electron chi connectivity index (χ4n) is 1.46. The van der Waals surface area contributed by atoms with Crippen LogP contribution in [0.5, 0.6) is 11.7 Å². The summed E-state index contributed by atoms with van der Waals surface area (Å²) in [4.78, 5) is 0. The summed E-state index contributed by atoms with van der Waals surface area (Å²) in [5, 5.41) is 0.991. The number of ether oxygens (including phenoxy) is 2. The molecule has 0 aliphatic heterocycles. The van der Waals surface area contributed by atoms with Gasteiger partial charge in [0, 0.05) is 11.5 Å². The van der Waals surface area contributed by atoms with E-state index in [1.165, 1.54) is 0 Å². The highest BCUT2D eigenvalue weighted by Gasteiger charge is 2.09. The highest BCUT2D eigenvalue weighted by molar-refractivity contribution is 5.84. The van der Waals surface area contributed by atoms with E-state index in [1.807, 2.05) is 38.1 Å². The minimum Gasteiger partial charge on any atom is -0.487 e. The highest BCUT2D eigenvalue weighted by Crippen LogP contribution is 2.32. The topological polar surface area (TPSA) is 31.6 Å². The van der Waals surface area contributed by atoms with Crippen molar-refractivity contribution in [1.82, 2.24) is 0 Å². The molecule has 0 fully saturated rings. The fraction of sp³-hybridized carbons (Fsp3) is 0.333. The average molecular weight is 206 g/mol. The molecule has 2 rings (SSSR count). The molecule has 0 aliphatic rings. The van der Waals surface area contributed by atoms with Crippen molar-refractivity contribution < 1.29 is 13.9 Å². The highest BCUT2D eigenvalue weighted by atomic mass is 16.6. The van der Waals surface area contributed by atoms with Gasteiger partial charge in [-0.1, -0.05) is 12.1 Å². The van der Waals surface area contributed by atoms with Crippen molar-refractivity contribution in [2.75, 3.05) is 7.11 Å². The van der Waals surface area contributed by atoms with Crippen LogP contribution in [0.4, 0.5) is 0 Å². The molecule has 0 N–H and O–H groups in total. The molecule has 0 aliphatic carbocycles. The summed E-state index contributed by atoms with van der Waals surface area (Å²) in [6.07, 6.45) is 0.131. The maximum atomic E-state index is 5.64. The quantitative estimate of drug-likeness (QED) is 0.772. The van der Waals surface area contributed by atoms with E-state index in [2.05, 4.69) is 0 Å². The third kappa shape index (κ3) is 1.91. The van der Waals surface area contributed by atoms with Gasteiger partial charge >= 0.3 is 0 Å². The second-order valence-electron chi connectivity index (χ2n) is 3.61. The molecule has 3 nitrogen and oxygen atoms in total. The molecule has 80 valence electrons. The minimum atomic E-state index is 0.131. The second-order valence-corrected chi connectivity index (χ2v) is 3.61. The van der Waals surface area contributed by atoms with Crippen LogP contribution < -0.4 is 9.47 Å². The SMILES string of the molecule is COc1cc2cccc(OC(C)C)c2o1. The Kier molecular flexibility index (Phi) is 2.54. The van der Waals surface area contributed by atoms with Crippen molar-refractivity contribution in [2.45, 2.75) is 20.0 Å². The number of fused-ring (bicyclic) bond motifs is 1. The van der Waals surface area contributed by atoms with E-state index in [0.717, 1.165) is 16.7 Å². The summed E-state index contributed by atoms with van der Waals surface area (Å²) in [7, 11) is 1.58. The van der Waals surface area contributed by atoms with E-state index in [4.69, 9.17) is 13.9 Å². The van der Waals surface area contributed by atoms with Gasteiger partial charge in [-0.05, 0) is 19.9 Å². The van der Waals surface area contributed by atoms with Crippen LogP contribution in [-0.4, -0.2) is 13.2 Å². The van der Waals surface area contributed by atoms with Gasteiger partial charge in [0.15, 0.2) is 11.3 Å². The monoisotopic (exact) mass is 206 g/mol. The number of methoxy groups -OCH3 is 1. The van der Waals surface area contributed by atoms with Crippen molar-refractivity contribution in [1.29, 1.82) is 0 Å². The molecular formula is C12H14O3. The number of benzene rings is 1. The van der Waals surface area contributed by atoms with Crippen LogP contribution in [0.15, 0.2) is 28.7 Å². The Hall–Kier alpha value is -1.64. The summed E-state index contributed by atoms with van der Waals surface area (Å²) in [6.45, 7) is 3.97. The van der Waals surface area contributed by atoms with E-state index < -0.39 is 0 Å². The third-order valence-corrected chi connectivity index (χ3v) is 2.05. The largest absolute Gasteiger partial charge is 0.487 e. The normalized spacial score (nSPS) is 10.9. The van der Waals surface area contributed by atoms with Crippen LogP contribution in [0.2, 0.25) is 0 Å². The lowest BCUT2D eigenvalue weighted by molar-refractivity contribution is 0.239. The molecule has 0 amide bonds. The van der Waals surface area contributed by atoms with E-state index in [9.17, 15) is 0 Å². The van der Waals surface area contributed by atoms with Crippen LogP contribution in [0, 0.1) is 0 Å². The number of rotatable bonds is 3. The first kappa shape index (κ1) is 9.90. The van der Waals surface area contributed by atoms with Crippen LogP contribution in [0.1, 0.15) is 13.8 Å². The first-order valence-electron chi connectivity index (χ1n) is 4.94. The lowest BCUT2D eigenvalue weighted by Crippen LogP contribution is -2.05. The minimum absolute atomic E-state index is 0.131. The summed E-state index contributed by atoms with van der Waals surface area (Å²) in [5.41, 5.74) is 0.739. The summed E-state index contributed by atoms with van der Waals surface area (Å²) < 4.78 is 16.2. The van der Waals surface area contributed by atoms with Gasteiger partial charge in [0.05, 0.1) is 13.2 Å². The molecule has 0 atom stereocenters. The van der Waals surface area contributed by atoms with E-state index in [1.54, 1.807) is 7.11 Å². The molecule has 1 heterocycles. The average Bonchev–Trinajstić information content (AvgIpc) is 2.61. The third-order valence-electron chi connectivity index (χ3n) is 2.05. The lowest BCUT2D eigenvalue weighted by Gasteiger charge is -2.09. The first-order chi connectivity index (χ1) is 7.20. The van der Waals surface area contributed by atoms with E-state index in [-0.39, 0.29) is 6.10 Å². The van der Waals surface area contributed by atoms with Crippen molar-refractivity contribution in [3.05, 3.63) is 24.3 Å². The van der Waals surface area contributed by atoms with Crippen molar-refractivity contribution in [3.63, 3.8) is 0 Å².